The van der Waals surface area contributed by atoms with Crippen molar-refractivity contribution in [3.8, 4) is 5.75 Å². The van der Waals surface area contributed by atoms with Crippen molar-refractivity contribution in [2.24, 2.45) is 5.92 Å². The smallest absolute Gasteiger partial charge is 0.422 e. The molecule has 0 saturated heterocycles. The molecule has 0 saturated carbocycles. The summed E-state index contributed by atoms with van der Waals surface area (Å²) < 4.78 is 9.83. The van der Waals surface area contributed by atoms with Crippen molar-refractivity contribution in [1.29, 1.82) is 0 Å². The lowest BCUT2D eigenvalue weighted by Crippen LogP contribution is -2.21. The second-order valence-corrected chi connectivity index (χ2v) is 6.92. The summed E-state index contributed by atoms with van der Waals surface area (Å²) in [6.45, 7) is 4.26. The summed E-state index contributed by atoms with van der Waals surface area (Å²) in [4.78, 5) is 34.4. The molecule has 1 rings (SSSR count). The average molecular weight is 426 g/mol. The highest BCUT2D eigenvalue weighted by atomic mass is 35.5. The third-order valence-corrected chi connectivity index (χ3v) is 4.66. The van der Waals surface area contributed by atoms with Gasteiger partial charge in [-0.3, -0.25) is 0 Å². The molecule has 6 nitrogen and oxygen atoms in total. The van der Waals surface area contributed by atoms with E-state index in [4.69, 9.17) is 44.6 Å². The summed E-state index contributed by atoms with van der Waals surface area (Å²) >= 11 is 17.8. The average Bonchev–Trinajstić information content (AvgIpc) is 2.57. The number of carbonyl (C=O) groups excluding carboxylic acids is 2. The fourth-order valence-corrected chi connectivity index (χ4v) is 2.84. The van der Waals surface area contributed by atoms with Gasteiger partial charge in [-0.2, -0.15) is 0 Å². The topological polar surface area (TPSA) is 89.9 Å². The van der Waals surface area contributed by atoms with Gasteiger partial charge in [0.25, 0.3) is 0 Å². The summed E-state index contributed by atoms with van der Waals surface area (Å²) in [6, 6.07) is 1.14. The fourth-order valence-electron chi connectivity index (χ4n) is 2.12. The van der Waals surface area contributed by atoms with Crippen molar-refractivity contribution in [2.45, 2.75) is 39.5 Å². The maximum absolute atomic E-state index is 12.4. The van der Waals surface area contributed by atoms with Crippen LogP contribution < -0.4 is 4.74 Å². The Morgan fingerprint density at radius 3 is 2.38 bits per heavy atom. The molecule has 144 valence electrons. The molecule has 0 radical (unpaired) electrons. The molecule has 0 heterocycles. The van der Waals surface area contributed by atoms with E-state index in [-0.39, 0.29) is 27.2 Å². The molecule has 0 amide bonds. The molecule has 9 heteroatoms. The zero-order valence-electron chi connectivity index (χ0n) is 14.3. The first-order chi connectivity index (χ1) is 12.2. The van der Waals surface area contributed by atoms with Gasteiger partial charge in [0, 0.05) is 0 Å². The number of rotatable bonds is 8. The Morgan fingerprint density at radius 2 is 1.81 bits per heavy atom. The molecule has 0 aliphatic carbocycles. The van der Waals surface area contributed by atoms with Crippen molar-refractivity contribution >= 4 is 52.7 Å². The molecule has 0 aliphatic rings. The van der Waals surface area contributed by atoms with Gasteiger partial charge in [0.05, 0.1) is 21.7 Å². The van der Waals surface area contributed by atoms with Gasteiger partial charge in [-0.25, -0.2) is 14.4 Å². The van der Waals surface area contributed by atoms with Crippen molar-refractivity contribution < 1.29 is 29.0 Å². The van der Waals surface area contributed by atoms with E-state index in [0.717, 1.165) is 25.3 Å². The predicted octanol–water partition coefficient (Wildman–Crippen LogP) is 5.01. The first-order valence-electron chi connectivity index (χ1n) is 7.98. The summed E-state index contributed by atoms with van der Waals surface area (Å²) in [5.41, 5.74) is -0.389. The van der Waals surface area contributed by atoms with E-state index < -0.39 is 23.7 Å². The molecular formula is C17H19Cl3O6. The second-order valence-electron chi connectivity index (χ2n) is 5.72. The number of carboxylic acids is 1. The number of esters is 2. The van der Waals surface area contributed by atoms with Crippen LogP contribution in [0, 0.1) is 5.92 Å². The van der Waals surface area contributed by atoms with E-state index >= 15 is 0 Å². The summed E-state index contributed by atoms with van der Waals surface area (Å²) in [5, 5.41) is 8.13. The highest BCUT2D eigenvalue weighted by molar-refractivity contribution is 6.46. The van der Waals surface area contributed by atoms with E-state index in [1.165, 1.54) is 0 Å². The Morgan fingerprint density at radius 1 is 1.15 bits per heavy atom. The number of unbranched alkanes of at least 4 members (excludes halogenated alkanes) is 1. The molecule has 1 aromatic carbocycles. The minimum Gasteiger partial charge on any atom is -0.473 e. The minimum absolute atomic E-state index is 0.0601. The normalized spacial score (nSPS) is 11.7. The van der Waals surface area contributed by atoms with E-state index in [9.17, 15) is 14.4 Å². The molecule has 0 spiro atoms. The lowest BCUT2D eigenvalue weighted by atomic mass is 10.0. The first-order valence-corrected chi connectivity index (χ1v) is 9.12. The lowest BCUT2D eigenvalue weighted by molar-refractivity contribution is -0.158. The van der Waals surface area contributed by atoms with Gasteiger partial charge in [-0.1, -0.05) is 67.9 Å². The summed E-state index contributed by atoms with van der Waals surface area (Å²) in [6.07, 6.45) is 3.82. The first kappa shape index (κ1) is 22.5. The van der Waals surface area contributed by atoms with Crippen LogP contribution in [0.1, 0.15) is 49.9 Å². The number of aliphatic carboxylic acids is 1. The SMILES string of the molecule is CCCCC(C)CCOC(=O)c1c(Cl)c(Cl)cc(Cl)c1OC(=O)C(=O)O. The van der Waals surface area contributed by atoms with Gasteiger partial charge in [0.15, 0.2) is 5.75 Å². The molecule has 1 atom stereocenters. The zero-order chi connectivity index (χ0) is 19.9. The van der Waals surface area contributed by atoms with Crippen LogP contribution in [-0.4, -0.2) is 29.6 Å². The monoisotopic (exact) mass is 424 g/mol. The highest BCUT2D eigenvalue weighted by Crippen LogP contribution is 2.39. The van der Waals surface area contributed by atoms with Crippen molar-refractivity contribution in [3.63, 3.8) is 0 Å². The number of ether oxygens (including phenoxy) is 2. The molecule has 0 aromatic heterocycles. The molecule has 1 unspecified atom stereocenters. The maximum Gasteiger partial charge on any atom is 0.422 e. The van der Waals surface area contributed by atoms with Gasteiger partial charge in [0.1, 0.15) is 5.56 Å². The van der Waals surface area contributed by atoms with E-state index in [1.54, 1.807) is 0 Å². The number of hydrogen-bond donors (Lipinski definition) is 1. The van der Waals surface area contributed by atoms with Crippen LogP contribution in [-0.2, 0) is 14.3 Å². The van der Waals surface area contributed by atoms with Gasteiger partial charge < -0.3 is 14.6 Å². The highest BCUT2D eigenvalue weighted by Gasteiger charge is 2.27. The molecule has 26 heavy (non-hydrogen) atoms. The fraction of sp³-hybridized carbons (Fsp3) is 0.471. The molecular weight excluding hydrogens is 407 g/mol. The largest absolute Gasteiger partial charge is 0.473 e. The Bertz CT molecular complexity index is 690. The molecule has 0 aliphatic heterocycles. The lowest BCUT2D eigenvalue weighted by Gasteiger charge is -2.14. The van der Waals surface area contributed by atoms with Gasteiger partial charge >= 0.3 is 17.9 Å². The van der Waals surface area contributed by atoms with Crippen LogP contribution in [0.15, 0.2) is 6.07 Å². The standard InChI is InChI=1S/C17H19Cl3O6/c1-3-4-5-9(2)6-7-25-16(23)12-13(20)10(18)8-11(19)14(12)26-17(24)15(21)22/h8-9H,3-7H2,1-2H3,(H,21,22). The van der Waals surface area contributed by atoms with Crippen LogP contribution in [0.4, 0.5) is 0 Å². The van der Waals surface area contributed by atoms with Crippen molar-refractivity contribution in [1.82, 2.24) is 0 Å². The Balaban J connectivity index is 2.96. The summed E-state index contributed by atoms with van der Waals surface area (Å²) in [7, 11) is 0. The molecule has 0 fully saturated rings. The quantitative estimate of drug-likeness (QED) is 0.272. The van der Waals surface area contributed by atoms with Crippen molar-refractivity contribution in [3.05, 3.63) is 26.7 Å². The van der Waals surface area contributed by atoms with Gasteiger partial charge in [0.2, 0.25) is 0 Å². The van der Waals surface area contributed by atoms with E-state index in [0.29, 0.717) is 12.3 Å². The molecule has 1 aromatic rings. The number of hydrogen-bond acceptors (Lipinski definition) is 5. The van der Waals surface area contributed by atoms with Crippen molar-refractivity contribution in [2.75, 3.05) is 6.61 Å². The van der Waals surface area contributed by atoms with Gasteiger partial charge in [-0.15, -0.1) is 0 Å². The maximum atomic E-state index is 12.4. The summed E-state index contributed by atoms with van der Waals surface area (Å²) in [5.74, 6) is -4.51. The Hall–Kier alpha value is -1.50. The third-order valence-electron chi connectivity index (χ3n) is 3.59. The third kappa shape index (κ3) is 6.34. The van der Waals surface area contributed by atoms with Crippen LogP contribution in [0.5, 0.6) is 5.75 Å². The van der Waals surface area contributed by atoms with Crippen LogP contribution >= 0.6 is 34.8 Å². The molecule has 0 bridgehead atoms. The number of halogens is 3. The van der Waals surface area contributed by atoms with Crippen LogP contribution in [0.3, 0.4) is 0 Å². The van der Waals surface area contributed by atoms with Gasteiger partial charge in [-0.05, 0) is 18.4 Å². The predicted molar refractivity (Wildman–Crippen MR) is 98.3 cm³/mol. The van der Waals surface area contributed by atoms with E-state index in [1.807, 2.05) is 6.92 Å². The second kappa shape index (κ2) is 10.6. The minimum atomic E-state index is -1.85. The Kier molecular flexibility index (Phi) is 9.19. The number of benzene rings is 1. The molecule has 1 N–H and O–H groups in total. The van der Waals surface area contributed by atoms with E-state index in [2.05, 4.69) is 11.7 Å². The number of carboxylic acid groups (broad SMARTS) is 1. The zero-order valence-corrected chi connectivity index (χ0v) is 16.6. The van der Waals surface area contributed by atoms with Crippen LogP contribution in [0.25, 0.3) is 0 Å². The Labute approximate surface area is 166 Å². The van der Waals surface area contributed by atoms with Crippen LogP contribution in [0.2, 0.25) is 15.1 Å². The number of carbonyl (C=O) groups is 3.